The lowest BCUT2D eigenvalue weighted by atomic mass is 9.86. The summed E-state index contributed by atoms with van der Waals surface area (Å²) in [5.74, 6) is 2.71. The number of hydrogen-bond acceptors (Lipinski definition) is 2. The van der Waals surface area contributed by atoms with Crippen molar-refractivity contribution in [3.8, 4) is 11.5 Å². The van der Waals surface area contributed by atoms with Crippen LogP contribution in [0.1, 0.15) is 58.2 Å². The van der Waals surface area contributed by atoms with Crippen molar-refractivity contribution in [2.24, 2.45) is 0 Å². The molecule has 35 heavy (non-hydrogen) atoms. The Bertz CT molecular complexity index is 1200. The van der Waals surface area contributed by atoms with E-state index in [1.807, 2.05) is 6.07 Å². The molecule has 0 unspecified atom stereocenters. The molecule has 3 heteroatoms. The topological polar surface area (TPSA) is 18.5 Å². The van der Waals surface area contributed by atoms with Gasteiger partial charge >= 0.3 is 0 Å². The van der Waals surface area contributed by atoms with Crippen LogP contribution in [-0.4, -0.2) is 15.2 Å². The molecule has 0 atom stereocenters. The van der Waals surface area contributed by atoms with E-state index < -0.39 is 8.07 Å². The molecule has 0 amide bonds. The minimum atomic E-state index is -1.91. The summed E-state index contributed by atoms with van der Waals surface area (Å²) in [6, 6.07) is 27.5. The smallest absolute Gasteiger partial charge is 0.135 e. The van der Waals surface area contributed by atoms with Gasteiger partial charge in [0.25, 0.3) is 0 Å². The summed E-state index contributed by atoms with van der Waals surface area (Å²) in [5.41, 5.74) is 10.1. The Morgan fingerprint density at radius 1 is 0.686 bits per heavy atom. The summed E-state index contributed by atoms with van der Waals surface area (Å²) in [5, 5.41) is 0. The van der Waals surface area contributed by atoms with Gasteiger partial charge in [-0.2, -0.15) is 0 Å². The molecule has 3 aromatic rings. The van der Waals surface area contributed by atoms with Gasteiger partial charge in [0.2, 0.25) is 0 Å². The molecule has 0 aromatic heterocycles. The second kappa shape index (κ2) is 10.3. The first kappa shape index (κ1) is 25.1. The van der Waals surface area contributed by atoms with E-state index in [0.717, 1.165) is 28.4 Å². The number of allylic oxidation sites excluding steroid dienone is 1. The minimum absolute atomic E-state index is 0.591. The van der Waals surface area contributed by atoms with Gasteiger partial charge in [-0.15, -0.1) is 0 Å². The molecule has 4 rings (SSSR count). The summed E-state index contributed by atoms with van der Waals surface area (Å²) >= 11 is 0. The van der Waals surface area contributed by atoms with Crippen LogP contribution in [0.3, 0.4) is 0 Å². The van der Waals surface area contributed by atoms with Crippen molar-refractivity contribution < 1.29 is 9.47 Å². The molecule has 0 aliphatic carbocycles. The quantitative estimate of drug-likeness (QED) is 0.313. The SMILES string of the molecule is COc1ccc2c(c1)C(c1ccccc1)=C(c1ccccc1)/C(=C/[Si](C(C)C)(C(C)C)C(C)C)O2. The molecule has 182 valence electrons. The first-order chi connectivity index (χ1) is 16.8. The van der Waals surface area contributed by atoms with E-state index in [1.165, 1.54) is 16.7 Å². The third-order valence-electron chi connectivity index (χ3n) is 7.68. The highest BCUT2D eigenvalue weighted by atomic mass is 28.3. The summed E-state index contributed by atoms with van der Waals surface area (Å²) in [6.07, 6.45) is 0. The van der Waals surface area contributed by atoms with Gasteiger partial charge < -0.3 is 9.47 Å². The molecule has 0 spiro atoms. The van der Waals surface area contributed by atoms with E-state index in [0.29, 0.717) is 16.6 Å². The predicted molar refractivity (Wildman–Crippen MR) is 152 cm³/mol. The van der Waals surface area contributed by atoms with Crippen LogP contribution in [0.25, 0.3) is 11.1 Å². The summed E-state index contributed by atoms with van der Waals surface area (Å²) in [6.45, 7) is 14.4. The fourth-order valence-electron chi connectivity index (χ4n) is 5.97. The Morgan fingerprint density at radius 2 is 1.20 bits per heavy atom. The third kappa shape index (κ3) is 4.62. The van der Waals surface area contributed by atoms with Crippen LogP contribution in [0, 0.1) is 0 Å². The van der Waals surface area contributed by atoms with E-state index in [-0.39, 0.29) is 0 Å². The van der Waals surface area contributed by atoms with E-state index in [1.54, 1.807) is 7.11 Å². The minimum Gasteiger partial charge on any atom is -0.497 e. The molecule has 2 nitrogen and oxygen atoms in total. The second-order valence-corrected chi connectivity index (χ2v) is 16.2. The highest BCUT2D eigenvalue weighted by Crippen LogP contribution is 2.50. The van der Waals surface area contributed by atoms with E-state index in [4.69, 9.17) is 9.47 Å². The third-order valence-corrected chi connectivity index (χ3v) is 14.4. The highest BCUT2D eigenvalue weighted by Gasteiger charge is 2.42. The second-order valence-electron chi connectivity index (χ2n) is 10.4. The van der Waals surface area contributed by atoms with Crippen LogP contribution in [0.15, 0.2) is 90.3 Å². The van der Waals surface area contributed by atoms with Crippen molar-refractivity contribution in [1.29, 1.82) is 0 Å². The largest absolute Gasteiger partial charge is 0.497 e. The predicted octanol–water partition coefficient (Wildman–Crippen LogP) is 9.15. The Morgan fingerprint density at radius 3 is 1.69 bits per heavy atom. The molecule has 0 bridgehead atoms. The lowest BCUT2D eigenvalue weighted by Crippen LogP contribution is -2.43. The molecule has 1 aliphatic heterocycles. The monoisotopic (exact) mass is 482 g/mol. The standard InChI is InChI=1S/C32H38O2Si/c1-22(2)35(23(3)4,24(5)6)21-30-32(26-16-12-9-13-17-26)31(25-14-10-8-11-15-25)28-20-27(33-7)18-19-29(28)34-30/h8-24H,1-7H3/b30-21-. The molecule has 3 aromatic carbocycles. The number of methoxy groups -OCH3 is 1. The van der Waals surface area contributed by atoms with Crippen LogP contribution in [0.2, 0.25) is 16.6 Å². The van der Waals surface area contributed by atoms with Gasteiger partial charge in [-0.1, -0.05) is 108 Å². The van der Waals surface area contributed by atoms with Crippen molar-refractivity contribution in [3.05, 3.63) is 107 Å². The Hall–Kier alpha value is -3.04. The van der Waals surface area contributed by atoms with Gasteiger partial charge in [-0.3, -0.25) is 0 Å². The molecular formula is C32H38O2Si. The molecule has 0 fully saturated rings. The molecule has 1 aliphatic rings. The Balaban J connectivity index is 2.13. The zero-order valence-electron chi connectivity index (χ0n) is 22.1. The maximum atomic E-state index is 6.84. The van der Waals surface area contributed by atoms with Gasteiger partial charge in [0, 0.05) is 16.7 Å². The average Bonchev–Trinajstić information content (AvgIpc) is 2.86. The fourth-order valence-corrected chi connectivity index (χ4v) is 11.6. The summed E-state index contributed by atoms with van der Waals surface area (Å²) < 4.78 is 12.5. The maximum Gasteiger partial charge on any atom is 0.135 e. The van der Waals surface area contributed by atoms with Crippen LogP contribution in [0.4, 0.5) is 0 Å². The van der Waals surface area contributed by atoms with Crippen molar-refractivity contribution in [2.75, 3.05) is 7.11 Å². The lowest BCUT2D eigenvalue weighted by molar-refractivity contribution is 0.410. The average molecular weight is 483 g/mol. The van der Waals surface area contributed by atoms with E-state index >= 15 is 0 Å². The van der Waals surface area contributed by atoms with Crippen LogP contribution in [-0.2, 0) is 0 Å². The van der Waals surface area contributed by atoms with Crippen molar-refractivity contribution in [3.63, 3.8) is 0 Å². The number of fused-ring (bicyclic) bond motifs is 1. The number of ether oxygens (including phenoxy) is 2. The first-order valence-corrected chi connectivity index (χ1v) is 15.0. The zero-order valence-corrected chi connectivity index (χ0v) is 23.1. The van der Waals surface area contributed by atoms with Crippen molar-refractivity contribution in [2.45, 2.75) is 58.2 Å². The molecule has 1 heterocycles. The van der Waals surface area contributed by atoms with Crippen LogP contribution < -0.4 is 9.47 Å². The number of benzene rings is 3. The number of hydrogen-bond donors (Lipinski definition) is 0. The highest BCUT2D eigenvalue weighted by molar-refractivity contribution is 6.88. The van der Waals surface area contributed by atoms with Crippen LogP contribution >= 0.6 is 0 Å². The normalized spacial score (nSPS) is 15.1. The summed E-state index contributed by atoms with van der Waals surface area (Å²) in [7, 11) is -0.188. The molecule has 0 radical (unpaired) electrons. The Kier molecular flexibility index (Phi) is 7.37. The first-order valence-electron chi connectivity index (χ1n) is 12.7. The summed E-state index contributed by atoms with van der Waals surface area (Å²) in [4.78, 5) is 0. The molecular weight excluding hydrogens is 444 g/mol. The molecule has 0 saturated carbocycles. The van der Waals surface area contributed by atoms with Gasteiger partial charge in [0.05, 0.1) is 15.2 Å². The van der Waals surface area contributed by atoms with Gasteiger partial charge in [0.15, 0.2) is 0 Å². The van der Waals surface area contributed by atoms with E-state index in [9.17, 15) is 0 Å². The van der Waals surface area contributed by atoms with Crippen LogP contribution in [0.5, 0.6) is 11.5 Å². The van der Waals surface area contributed by atoms with Crippen molar-refractivity contribution in [1.82, 2.24) is 0 Å². The van der Waals surface area contributed by atoms with Gasteiger partial charge in [-0.05, 0) is 45.9 Å². The van der Waals surface area contributed by atoms with Gasteiger partial charge in [0.1, 0.15) is 17.3 Å². The van der Waals surface area contributed by atoms with E-state index in [2.05, 4.69) is 120 Å². The Labute approximate surface area is 212 Å². The molecule has 0 saturated heterocycles. The maximum absolute atomic E-state index is 6.84. The number of rotatable bonds is 7. The fraction of sp³-hybridized carbons (Fsp3) is 0.312. The zero-order chi connectivity index (χ0) is 25.2. The van der Waals surface area contributed by atoms with Gasteiger partial charge in [-0.25, -0.2) is 0 Å². The lowest BCUT2D eigenvalue weighted by Gasteiger charge is -2.41. The molecule has 0 N–H and O–H groups in total. The van der Waals surface area contributed by atoms with Crippen molar-refractivity contribution >= 4 is 19.2 Å².